The van der Waals surface area contributed by atoms with E-state index in [1.165, 1.54) is 11.8 Å². The Morgan fingerprint density at radius 1 is 1.11 bits per heavy atom. The third-order valence-electron chi connectivity index (χ3n) is 4.41. The van der Waals surface area contributed by atoms with Gasteiger partial charge in [0, 0.05) is 31.4 Å². The maximum atomic E-state index is 11.4. The molecule has 0 saturated carbocycles. The summed E-state index contributed by atoms with van der Waals surface area (Å²) in [5, 5.41) is 7.45. The van der Waals surface area contributed by atoms with Gasteiger partial charge in [0.05, 0.1) is 5.75 Å². The van der Waals surface area contributed by atoms with E-state index in [0.29, 0.717) is 13.0 Å². The molecular formula is C20H34ClN3O2S. The summed E-state index contributed by atoms with van der Waals surface area (Å²) in [6.07, 6.45) is 2.78. The first-order valence-electron chi connectivity index (χ1n) is 9.19. The molecule has 0 atom stereocenters. The highest BCUT2D eigenvalue weighted by molar-refractivity contribution is 7.90. The van der Waals surface area contributed by atoms with Crippen LogP contribution in [0.1, 0.15) is 39.7 Å². The Balaban J connectivity index is 2.53. The molecule has 0 aliphatic carbocycles. The van der Waals surface area contributed by atoms with Crippen LogP contribution in [0.15, 0.2) is 29.3 Å². The second kappa shape index (κ2) is 9.78. The van der Waals surface area contributed by atoms with Gasteiger partial charge in [-0.2, -0.15) is 0 Å². The molecule has 0 saturated heterocycles. The van der Waals surface area contributed by atoms with Crippen LogP contribution in [0, 0.1) is 10.8 Å². The minimum atomic E-state index is -2.95. The van der Waals surface area contributed by atoms with E-state index in [1.54, 1.807) is 7.05 Å². The predicted octanol–water partition coefficient (Wildman–Crippen LogP) is 3.53. The van der Waals surface area contributed by atoms with Crippen molar-refractivity contribution in [2.45, 2.75) is 40.5 Å². The number of aliphatic imine (C=N–C) groups is 1. The SMILES string of the molecule is CN=C(NCC(C)(C)CCS(C)(=O)=O)NCC(C)(C)Cc1cccc(Cl)c1. The minimum absolute atomic E-state index is 0.0219. The monoisotopic (exact) mass is 415 g/mol. The summed E-state index contributed by atoms with van der Waals surface area (Å²) in [5.74, 6) is 0.919. The first-order chi connectivity index (χ1) is 12.3. The van der Waals surface area contributed by atoms with Crippen molar-refractivity contribution >= 4 is 27.4 Å². The maximum Gasteiger partial charge on any atom is 0.191 e. The summed E-state index contributed by atoms with van der Waals surface area (Å²) < 4.78 is 22.8. The van der Waals surface area contributed by atoms with Crippen molar-refractivity contribution in [3.05, 3.63) is 34.9 Å². The van der Waals surface area contributed by atoms with Crippen LogP contribution in [0.4, 0.5) is 0 Å². The molecule has 0 fully saturated rings. The van der Waals surface area contributed by atoms with E-state index < -0.39 is 9.84 Å². The molecule has 0 heterocycles. The summed E-state index contributed by atoms with van der Waals surface area (Å²) in [6, 6.07) is 7.94. The topological polar surface area (TPSA) is 70.6 Å². The van der Waals surface area contributed by atoms with Crippen molar-refractivity contribution in [1.29, 1.82) is 0 Å². The van der Waals surface area contributed by atoms with Crippen LogP contribution in [-0.4, -0.2) is 46.5 Å². The quantitative estimate of drug-likeness (QED) is 0.478. The molecule has 0 amide bonds. The van der Waals surface area contributed by atoms with Gasteiger partial charge in [-0.3, -0.25) is 4.99 Å². The highest BCUT2D eigenvalue weighted by atomic mass is 35.5. The van der Waals surface area contributed by atoms with Crippen LogP contribution in [0.3, 0.4) is 0 Å². The van der Waals surface area contributed by atoms with E-state index >= 15 is 0 Å². The Labute approximate surface area is 169 Å². The van der Waals surface area contributed by atoms with Gasteiger partial charge in [-0.15, -0.1) is 0 Å². The molecule has 5 nitrogen and oxygen atoms in total. The third kappa shape index (κ3) is 10.6. The van der Waals surface area contributed by atoms with E-state index in [9.17, 15) is 8.42 Å². The Bertz CT molecular complexity index is 743. The number of nitrogens with zero attached hydrogens (tertiary/aromatic N) is 1. The van der Waals surface area contributed by atoms with Crippen LogP contribution >= 0.6 is 11.6 Å². The van der Waals surface area contributed by atoms with Crippen LogP contribution in [0.25, 0.3) is 0 Å². The molecule has 0 aromatic heterocycles. The second-order valence-corrected chi connectivity index (χ2v) is 11.5. The van der Waals surface area contributed by atoms with Crippen molar-refractivity contribution in [2.24, 2.45) is 15.8 Å². The zero-order chi connectivity index (χ0) is 20.7. The van der Waals surface area contributed by atoms with Gasteiger partial charge in [0.2, 0.25) is 0 Å². The minimum Gasteiger partial charge on any atom is -0.356 e. The molecule has 1 rings (SSSR count). The van der Waals surface area contributed by atoms with Crippen LogP contribution < -0.4 is 10.6 Å². The highest BCUT2D eigenvalue weighted by Gasteiger charge is 2.22. The first-order valence-corrected chi connectivity index (χ1v) is 11.6. The van der Waals surface area contributed by atoms with Gasteiger partial charge in [0.1, 0.15) is 9.84 Å². The lowest BCUT2D eigenvalue weighted by atomic mass is 9.85. The number of nitrogens with one attached hydrogen (secondary N) is 2. The summed E-state index contributed by atoms with van der Waals surface area (Å²) >= 11 is 6.08. The molecule has 0 spiro atoms. The number of hydrogen-bond acceptors (Lipinski definition) is 3. The molecule has 27 heavy (non-hydrogen) atoms. The average molecular weight is 416 g/mol. The molecule has 0 unspecified atom stereocenters. The van der Waals surface area contributed by atoms with Gasteiger partial charge in [0.25, 0.3) is 0 Å². The standard InChI is InChI=1S/C20H34ClN3O2S/c1-19(2,10-11-27(6,25)26)14-23-18(22-5)24-15-20(3,4)13-16-8-7-9-17(21)12-16/h7-9,12H,10-11,13-15H2,1-6H3,(H2,22,23,24). The zero-order valence-corrected chi connectivity index (χ0v) is 19.0. The van der Waals surface area contributed by atoms with E-state index in [0.717, 1.165) is 23.9 Å². The second-order valence-electron chi connectivity index (χ2n) is 8.79. The molecule has 1 aromatic rings. The molecule has 0 radical (unpaired) electrons. The number of benzene rings is 1. The van der Waals surface area contributed by atoms with Crippen molar-refractivity contribution in [3.63, 3.8) is 0 Å². The maximum absolute atomic E-state index is 11.4. The number of halogens is 1. The molecule has 0 aliphatic rings. The molecule has 0 aliphatic heterocycles. The van der Waals surface area contributed by atoms with Gasteiger partial charge in [-0.1, -0.05) is 51.4 Å². The fourth-order valence-corrected chi connectivity index (χ4v) is 3.81. The van der Waals surface area contributed by atoms with Crippen LogP contribution in [-0.2, 0) is 16.3 Å². The van der Waals surface area contributed by atoms with E-state index in [4.69, 9.17) is 11.6 Å². The van der Waals surface area contributed by atoms with Crippen LogP contribution in [0.5, 0.6) is 0 Å². The number of rotatable bonds is 9. The molecule has 7 heteroatoms. The largest absolute Gasteiger partial charge is 0.356 e. The van der Waals surface area contributed by atoms with Crippen molar-refractivity contribution in [1.82, 2.24) is 10.6 Å². The van der Waals surface area contributed by atoms with Crippen molar-refractivity contribution in [2.75, 3.05) is 32.1 Å². The summed E-state index contributed by atoms with van der Waals surface area (Å²) in [4.78, 5) is 4.28. The van der Waals surface area contributed by atoms with Gasteiger partial charge in [-0.25, -0.2) is 8.42 Å². The first kappa shape index (κ1) is 23.8. The lowest BCUT2D eigenvalue weighted by molar-refractivity contribution is 0.340. The highest BCUT2D eigenvalue weighted by Crippen LogP contribution is 2.23. The Kier molecular flexibility index (Phi) is 8.61. The van der Waals surface area contributed by atoms with E-state index in [1.807, 2.05) is 18.2 Å². The Morgan fingerprint density at radius 2 is 1.70 bits per heavy atom. The van der Waals surface area contributed by atoms with Crippen molar-refractivity contribution in [3.8, 4) is 0 Å². The molecule has 154 valence electrons. The van der Waals surface area contributed by atoms with Crippen LogP contribution in [0.2, 0.25) is 5.02 Å². The molecule has 1 aromatic carbocycles. The third-order valence-corrected chi connectivity index (χ3v) is 5.59. The molecule has 0 bridgehead atoms. The summed E-state index contributed by atoms with van der Waals surface area (Å²) in [7, 11) is -1.21. The Morgan fingerprint density at radius 3 is 2.22 bits per heavy atom. The normalized spacial score (nSPS) is 13.5. The Hall–Kier alpha value is -1.27. The van der Waals surface area contributed by atoms with Gasteiger partial charge >= 0.3 is 0 Å². The number of sulfone groups is 1. The predicted molar refractivity (Wildman–Crippen MR) is 116 cm³/mol. The number of guanidine groups is 1. The summed E-state index contributed by atoms with van der Waals surface area (Å²) in [6.45, 7) is 9.91. The molecular weight excluding hydrogens is 382 g/mol. The fourth-order valence-electron chi connectivity index (χ4n) is 2.68. The van der Waals surface area contributed by atoms with Gasteiger partial charge in [0.15, 0.2) is 5.96 Å². The molecule has 2 N–H and O–H groups in total. The summed E-state index contributed by atoms with van der Waals surface area (Å²) in [5.41, 5.74) is 1.09. The zero-order valence-electron chi connectivity index (χ0n) is 17.4. The number of hydrogen-bond donors (Lipinski definition) is 2. The van der Waals surface area contributed by atoms with Gasteiger partial charge < -0.3 is 10.6 Å². The van der Waals surface area contributed by atoms with Crippen molar-refractivity contribution < 1.29 is 8.42 Å². The fraction of sp³-hybridized carbons (Fsp3) is 0.650. The average Bonchev–Trinajstić information content (AvgIpc) is 2.52. The van der Waals surface area contributed by atoms with E-state index in [2.05, 4.69) is 49.4 Å². The lowest BCUT2D eigenvalue weighted by Crippen LogP contribution is -2.45. The van der Waals surface area contributed by atoms with E-state index in [-0.39, 0.29) is 16.6 Å². The smallest absolute Gasteiger partial charge is 0.191 e. The lowest BCUT2D eigenvalue weighted by Gasteiger charge is -2.29. The van der Waals surface area contributed by atoms with Gasteiger partial charge in [-0.05, 0) is 41.4 Å².